The molecule has 2 aromatic carbocycles. The van der Waals surface area contributed by atoms with Crippen molar-refractivity contribution in [2.45, 2.75) is 19.8 Å². The van der Waals surface area contributed by atoms with Crippen molar-refractivity contribution in [1.82, 2.24) is 5.48 Å². The number of phenolic OH excluding ortho intramolecular Hbond substituents is 1. The van der Waals surface area contributed by atoms with Crippen molar-refractivity contribution >= 4 is 5.91 Å². The summed E-state index contributed by atoms with van der Waals surface area (Å²) in [5.41, 5.74) is 3.48. The van der Waals surface area contributed by atoms with E-state index in [1.54, 1.807) is 12.1 Å². The molecule has 2 aromatic rings. The average Bonchev–Trinajstić information content (AvgIpc) is 2.55. The Morgan fingerprint density at radius 3 is 2.57 bits per heavy atom. The maximum atomic E-state index is 12.0. The predicted molar refractivity (Wildman–Crippen MR) is 87.6 cm³/mol. The first-order valence-corrected chi connectivity index (χ1v) is 7.51. The Bertz CT molecular complexity index is 641. The standard InChI is InChI=1S/C18H21NO4/c1-13(2)14-8-9-17(20)16(12-14)18(21)19-23-11-10-22-15-6-4-3-5-7-15/h3-9,12-13,20H,10-11H2,1-2H3,(H,19,21). The third kappa shape index (κ3) is 5.00. The van der Waals surface area contributed by atoms with Crippen molar-refractivity contribution in [2.24, 2.45) is 0 Å². The summed E-state index contributed by atoms with van der Waals surface area (Å²) in [4.78, 5) is 17.1. The second-order valence-corrected chi connectivity index (χ2v) is 5.37. The molecule has 0 aromatic heterocycles. The quantitative estimate of drug-likeness (QED) is 0.608. The van der Waals surface area contributed by atoms with Crippen molar-refractivity contribution in [3.63, 3.8) is 0 Å². The van der Waals surface area contributed by atoms with Gasteiger partial charge in [-0.25, -0.2) is 5.48 Å². The number of hydrogen-bond acceptors (Lipinski definition) is 4. The zero-order valence-corrected chi connectivity index (χ0v) is 13.3. The summed E-state index contributed by atoms with van der Waals surface area (Å²) < 4.78 is 5.44. The molecule has 0 atom stereocenters. The highest BCUT2D eigenvalue weighted by atomic mass is 16.7. The Hall–Kier alpha value is -2.53. The monoisotopic (exact) mass is 315 g/mol. The minimum absolute atomic E-state index is 0.0731. The van der Waals surface area contributed by atoms with Crippen molar-refractivity contribution in [2.75, 3.05) is 13.2 Å². The molecule has 0 fully saturated rings. The molecule has 0 unspecified atom stereocenters. The zero-order valence-electron chi connectivity index (χ0n) is 13.3. The highest BCUT2D eigenvalue weighted by Gasteiger charge is 2.13. The van der Waals surface area contributed by atoms with Gasteiger partial charge in [0.25, 0.3) is 5.91 Å². The van der Waals surface area contributed by atoms with Gasteiger partial charge in [0.2, 0.25) is 0 Å². The van der Waals surface area contributed by atoms with Crippen LogP contribution in [0.2, 0.25) is 0 Å². The van der Waals surface area contributed by atoms with Crippen molar-refractivity contribution in [1.29, 1.82) is 0 Å². The van der Waals surface area contributed by atoms with Crippen LogP contribution in [0.3, 0.4) is 0 Å². The molecule has 0 aliphatic rings. The van der Waals surface area contributed by atoms with E-state index in [0.717, 1.165) is 11.3 Å². The molecule has 0 radical (unpaired) electrons. The fraction of sp³-hybridized carbons (Fsp3) is 0.278. The fourth-order valence-electron chi connectivity index (χ4n) is 1.98. The van der Waals surface area contributed by atoms with Crippen LogP contribution in [0.25, 0.3) is 0 Å². The number of hydroxylamine groups is 1. The molecule has 5 heteroatoms. The number of nitrogens with one attached hydrogen (secondary N) is 1. The summed E-state index contributed by atoms with van der Waals surface area (Å²) in [6, 6.07) is 14.3. The number of hydrogen-bond donors (Lipinski definition) is 2. The Balaban J connectivity index is 1.80. The minimum atomic E-state index is -0.482. The van der Waals surface area contributed by atoms with E-state index >= 15 is 0 Å². The average molecular weight is 315 g/mol. The SMILES string of the molecule is CC(C)c1ccc(O)c(C(=O)NOCCOc2ccccc2)c1. The van der Waals surface area contributed by atoms with Gasteiger partial charge in [0, 0.05) is 0 Å². The summed E-state index contributed by atoms with van der Waals surface area (Å²) in [5, 5.41) is 9.80. The fourth-order valence-corrected chi connectivity index (χ4v) is 1.98. The lowest BCUT2D eigenvalue weighted by molar-refractivity contribution is 0.0198. The largest absolute Gasteiger partial charge is 0.507 e. The minimum Gasteiger partial charge on any atom is -0.507 e. The second-order valence-electron chi connectivity index (χ2n) is 5.37. The van der Waals surface area contributed by atoms with E-state index in [1.165, 1.54) is 6.07 Å². The van der Waals surface area contributed by atoms with Crippen LogP contribution in [-0.4, -0.2) is 24.2 Å². The van der Waals surface area contributed by atoms with Gasteiger partial charge in [0.1, 0.15) is 24.7 Å². The molecule has 0 aliphatic heterocycles. The van der Waals surface area contributed by atoms with Gasteiger partial charge >= 0.3 is 0 Å². The van der Waals surface area contributed by atoms with Crippen LogP contribution in [0.1, 0.15) is 35.7 Å². The molecular formula is C18H21NO4. The summed E-state index contributed by atoms with van der Waals surface area (Å²) in [6.07, 6.45) is 0. The van der Waals surface area contributed by atoms with Crippen LogP contribution >= 0.6 is 0 Å². The van der Waals surface area contributed by atoms with Crippen LogP contribution in [0.4, 0.5) is 0 Å². The predicted octanol–water partition coefficient (Wildman–Crippen LogP) is 3.26. The Morgan fingerprint density at radius 1 is 1.13 bits per heavy atom. The lowest BCUT2D eigenvalue weighted by Gasteiger charge is -2.11. The molecule has 2 N–H and O–H groups in total. The molecule has 0 bridgehead atoms. The number of para-hydroxylation sites is 1. The first-order valence-electron chi connectivity index (χ1n) is 7.51. The summed E-state index contributed by atoms with van der Waals surface area (Å²) >= 11 is 0. The van der Waals surface area contributed by atoms with Gasteiger partial charge in [-0.3, -0.25) is 9.63 Å². The van der Waals surface area contributed by atoms with E-state index < -0.39 is 5.91 Å². The molecule has 2 rings (SSSR count). The number of amides is 1. The maximum Gasteiger partial charge on any atom is 0.278 e. The van der Waals surface area contributed by atoms with Gasteiger partial charge in [-0.1, -0.05) is 38.1 Å². The van der Waals surface area contributed by atoms with Gasteiger partial charge < -0.3 is 9.84 Å². The third-order valence-electron chi connectivity index (χ3n) is 3.29. The second kappa shape index (κ2) is 8.19. The van der Waals surface area contributed by atoms with Crippen LogP contribution < -0.4 is 10.2 Å². The van der Waals surface area contributed by atoms with Crippen molar-refractivity contribution in [3.05, 3.63) is 59.7 Å². The van der Waals surface area contributed by atoms with E-state index in [2.05, 4.69) is 5.48 Å². The smallest absolute Gasteiger partial charge is 0.278 e. The molecule has 5 nitrogen and oxygen atoms in total. The van der Waals surface area contributed by atoms with E-state index in [1.807, 2.05) is 44.2 Å². The highest BCUT2D eigenvalue weighted by molar-refractivity contribution is 5.96. The first kappa shape index (κ1) is 16.8. The van der Waals surface area contributed by atoms with Crippen LogP contribution in [-0.2, 0) is 4.84 Å². The van der Waals surface area contributed by atoms with Crippen molar-refractivity contribution in [3.8, 4) is 11.5 Å². The van der Waals surface area contributed by atoms with E-state index in [9.17, 15) is 9.90 Å². The zero-order chi connectivity index (χ0) is 16.7. The summed E-state index contributed by atoms with van der Waals surface area (Å²) in [7, 11) is 0. The molecule has 0 saturated carbocycles. The lowest BCUT2D eigenvalue weighted by atomic mass is 10.00. The molecule has 0 aliphatic carbocycles. The van der Waals surface area contributed by atoms with E-state index in [-0.39, 0.29) is 23.8 Å². The number of rotatable bonds is 7. The van der Waals surface area contributed by atoms with Gasteiger partial charge in [0.05, 0.1) is 5.56 Å². The Morgan fingerprint density at radius 2 is 1.87 bits per heavy atom. The van der Waals surface area contributed by atoms with Gasteiger partial charge in [-0.2, -0.15) is 0 Å². The molecular weight excluding hydrogens is 294 g/mol. The summed E-state index contributed by atoms with van der Waals surface area (Å²) in [5.74, 6) is 0.452. The summed E-state index contributed by atoms with van der Waals surface area (Å²) in [6.45, 7) is 4.55. The number of benzene rings is 2. The number of ether oxygens (including phenoxy) is 1. The molecule has 1 amide bonds. The van der Waals surface area contributed by atoms with Gasteiger partial charge in [-0.15, -0.1) is 0 Å². The number of carbonyl (C=O) groups is 1. The Labute approximate surface area is 135 Å². The number of phenols is 1. The molecule has 23 heavy (non-hydrogen) atoms. The van der Waals surface area contributed by atoms with Crippen LogP contribution in [0.5, 0.6) is 11.5 Å². The Kier molecular flexibility index (Phi) is 6.00. The molecule has 122 valence electrons. The molecule has 0 spiro atoms. The van der Waals surface area contributed by atoms with Crippen LogP contribution in [0.15, 0.2) is 48.5 Å². The topological polar surface area (TPSA) is 67.8 Å². The maximum absolute atomic E-state index is 12.0. The number of aromatic hydroxyl groups is 1. The van der Waals surface area contributed by atoms with E-state index in [4.69, 9.17) is 9.57 Å². The van der Waals surface area contributed by atoms with Crippen molar-refractivity contribution < 1.29 is 19.5 Å². The molecule has 0 heterocycles. The third-order valence-corrected chi connectivity index (χ3v) is 3.29. The molecule has 0 saturated heterocycles. The van der Waals surface area contributed by atoms with Gasteiger partial charge in [-0.05, 0) is 35.7 Å². The highest BCUT2D eigenvalue weighted by Crippen LogP contribution is 2.23. The van der Waals surface area contributed by atoms with Crippen LogP contribution in [0, 0.1) is 0 Å². The van der Waals surface area contributed by atoms with Gasteiger partial charge in [0.15, 0.2) is 0 Å². The number of carbonyl (C=O) groups excluding carboxylic acids is 1. The normalized spacial score (nSPS) is 10.6. The first-order chi connectivity index (χ1) is 11.1. The van der Waals surface area contributed by atoms with E-state index in [0.29, 0.717) is 6.61 Å². The lowest BCUT2D eigenvalue weighted by Crippen LogP contribution is -2.26.